The van der Waals surface area contributed by atoms with Crippen molar-refractivity contribution in [1.29, 1.82) is 0 Å². The summed E-state index contributed by atoms with van der Waals surface area (Å²) in [5, 5.41) is 0. The third-order valence-electron chi connectivity index (χ3n) is 2.68. The highest BCUT2D eigenvalue weighted by Crippen LogP contribution is 2.18. The standard InChI is InChI=1S/C15H23NO2/c1-15(2,3)8-10-18-14(17)13-6-4-5-12(11-13)7-9-16/h4-6,11H,7-10,16H2,1-3H3. The zero-order valence-corrected chi connectivity index (χ0v) is 11.5. The van der Waals surface area contributed by atoms with E-state index in [0.717, 1.165) is 18.4 Å². The van der Waals surface area contributed by atoms with Gasteiger partial charge in [-0.1, -0.05) is 32.9 Å². The molecule has 3 nitrogen and oxygen atoms in total. The number of esters is 1. The smallest absolute Gasteiger partial charge is 0.338 e. The molecule has 0 unspecified atom stereocenters. The fourth-order valence-electron chi connectivity index (χ4n) is 1.55. The highest BCUT2D eigenvalue weighted by atomic mass is 16.5. The molecule has 1 aromatic carbocycles. The maximum atomic E-state index is 11.8. The Morgan fingerprint density at radius 1 is 1.33 bits per heavy atom. The number of carbonyl (C=O) groups is 1. The first-order valence-electron chi connectivity index (χ1n) is 6.38. The van der Waals surface area contributed by atoms with Crippen molar-refractivity contribution >= 4 is 5.97 Å². The molecule has 18 heavy (non-hydrogen) atoms. The summed E-state index contributed by atoms with van der Waals surface area (Å²) in [6, 6.07) is 7.47. The maximum Gasteiger partial charge on any atom is 0.338 e. The highest BCUT2D eigenvalue weighted by molar-refractivity contribution is 5.89. The first kappa shape index (κ1) is 14.7. The summed E-state index contributed by atoms with van der Waals surface area (Å²) in [5.41, 5.74) is 7.36. The minimum Gasteiger partial charge on any atom is -0.462 e. The third-order valence-corrected chi connectivity index (χ3v) is 2.68. The lowest BCUT2D eigenvalue weighted by atomic mass is 9.93. The summed E-state index contributed by atoms with van der Waals surface area (Å²) in [4.78, 5) is 11.8. The van der Waals surface area contributed by atoms with E-state index in [0.29, 0.717) is 18.7 Å². The van der Waals surface area contributed by atoms with E-state index in [1.807, 2.05) is 18.2 Å². The van der Waals surface area contributed by atoms with E-state index >= 15 is 0 Å². The maximum absolute atomic E-state index is 11.8. The summed E-state index contributed by atoms with van der Waals surface area (Å²) < 4.78 is 5.27. The van der Waals surface area contributed by atoms with Crippen LogP contribution in [0.25, 0.3) is 0 Å². The minimum atomic E-state index is -0.252. The average Bonchev–Trinajstić information content (AvgIpc) is 2.28. The molecule has 0 saturated heterocycles. The molecule has 1 rings (SSSR count). The molecule has 0 aliphatic rings. The number of ether oxygens (including phenoxy) is 1. The number of benzene rings is 1. The Kier molecular flexibility index (Phi) is 5.35. The molecule has 0 aliphatic carbocycles. The van der Waals surface area contributed by atoms with Crippen LogP contribution in [-0.4, -0.2) is 19.1 Å². The topological polar surface area (TPSA) is 52.3 Å². The summed E-state index contributed by atoms with van der Waals surface area (Å²) in [6.45, 7) is 7.43. The number of carbonyl (C=O) groups excluding carboxylic acids is 1. The molecule has 0 heterocycles. The van der Waals surface area contributed by atoms with Gasteiger partial charge >= 0.3 is 5.97 Å². The van der Waals surface area contributed by atoms with E-state index in [9.17, 15) is 4.79 Å². The molecule has 0 radical (unpaired) electrons. The SMILES string of the molecule is CC(C)(C)CCOC(=O)c1cccc(CCN)c1. The van der Waals surface area contributed by atoms with Gasteiger partial charge < -0.3 is 10.5 Å². The summed E-state index contributed by atoms with van der Waals surface area (Å²) in [6.07, 6.45) is 1.64. The van der Waals surface area contributed by atoms with E-state index in [2.05, 4.69) is 20.8 Å². The molecule has 0 aromatic heterocycles. The molecular weight excluding hydrogens is 226 g/mol. The first-order chi connectivity index (χ1) is 8.42. The zero-order valence-electron chi connectivity index (χ0n) is 11.5. The number of hydrogen-bond acceptors (Lipinski definition) is 3. The van der Waals surface area contributed by atoms with E-state index < -0.39 is 0 Å². The van der Waals surface area contributed by atoms with Crippen molar-refractivity contribution in [2.24, 2.45) is 11.1 Å². The van der Waals surface area contributed by atoms with Crippen molar-refractivity contribution in [3.05, 3.63) is 35.4 Å². The molecule has 3 heteroatoms. The Bertz CT molecular complexity index is 394. The van der Waals surface area contributed by atoms with Crippen molar-refractivity contribution in [2.75, 3.05) is 13.2 Å². The second-order valence-corrected chi connectivity index (χ2v) is 5.69. The van der Waals surface area contributed by atoms with Gasteiger partial charge in [0.15, 0.2) is 0 Å². The Labute approximate surface area is 109 Å². The van der Waals surface area contributed by atoms with Gasteiger partial charge in [0.05, 0.1) is 12.2 Å². The van der Waals surface area contributed by atoms with Crippen LogP contribution in [0.15, 0.2) is 24.3 Å². The van der Waals surface area contributed by atoms with Gasteiger partial charge in [-0.3, -0.25) is 0 Å². The minimum absolute atomic E-state index is 0.182. The molecule has 0 amide bonds. The predicted octanol–water partition coefficient (Wildman–Crippen LogP) is 2.78. The van der Waals surface area contributed by atoms with E-state index in [1.165, 1.54) is 0 Å². The van der Waals surface area contributed by atoms with Gasteiger partial charge in [0.1, 0.15) is 0 Å². The Hall–Kier alpha value is -1.35. The van der Waals surface area contributed by atoms with Gasteiger partial charge in [0, 0.05) is 0 Å². The summed E-state index contributed by atoms with van der Waals surface area (Å²) in [7, 11) is 0. The van der Waals surface area contributed by atoms with Crippen LogP contribution < -0.4 is 5.73 Å². The largest absolute Gasteiger partial charge is 0.462 e. The molecule has 1 aromatic rings. The van der Waals surface area contributed by atoms with E-state index in [1.54, 1.807) is 6.07 Å². The molecule has 0 fully saturated rings. The van der Waals surface area contributed by atoms with Crippen LogP contribution in [0, 0.1) is 5.41 Å². The van der Waals surface area contributed by atoms with Crippen molar-refractivity contribution < 1.29 is 9.53 Å². The quantitative estimate of drug-likeness (QED) is 0.816. The average molecular weight is 249 g/mol. The molecule has 100 valence electrons. The lowest BCUT2D eigenvalue weighted by molar-refractivity contribution is 0.0464. The number of hydrogen-bond donors (Lipinski definition) is 1. The zero-order chi connectivity index (χ0) is 13.6. The van der Waals surface area contributed by atoms with Crippen LogP contribution in [-0.2, 0) is 11.2 Å². The monoisotopic (exact) mass is 249 g/mol. The Morgan fingerprint density at radius 3 is 2.67 bits per heavy atom. The van der Waals surface area contributed by atoms with Crippen LogP contribution >= 0.6 is 0 Å². The van der Waals surface area contributed by atoms with Crippen molar-refractivity contribution in [3.63, 3.8) is 0 Å². The Balaban J connectivity index is 2.53. The van der Waals surface area contributed by atoms with E-state index in [-0.39, 0.29) is 11.4 Å². The fourth-order valence-corrected chi connectivity index (χ4v) is 1.55. The van der Waals surface area contributed by atoms with Gasteiger partial charge in [-0.15, -0.1) is 0 Å². The van der Waals surface area contributed by atoms with Crippen molar-refractivity contribution in [2.45, 2.75) is 33.6 Å². The summed E-state index contributed by atoms with van der Waals surface area (Å²) >= 11 is 0. The molecule has 0 atom stereocenters. The van der Waals surface area contributed by atoms with Crippen molar-refractivity contribution in [3.8, 4) is 0 Å². The van der Waals surface area contributed by atoms with Crippen LogP contribution in [0.5, 0.6) is 0 Å². The van der Waals surface area contributed by atoms with Crippen LogP contribution in [0.4, 0.5) is 0 Å². The molecule has 0 bridgehead atoms. The molecule has 2 N–H and O–H groups in total. The normalized spacial score (nSPS) is 11.3. The predicted molar refractivity (Wildman–Crippen MR) is 73.6 cm³/mol. The lowest BCUT2D eigenvalue weighted by Gasteiger charge is -2.17. The van der Waals surface area contributed by atoms with Gasteiger partial charge in [0.2, 0.25) is 0 Å². The third kappa shape index (κ3) is 5.32. The van der Waals surface area contributed by atoms with Crippen LogP contribution in [0.1, 0.15) is 43.1 Å². The molecule has 0 aliphatic heterocycles. The lowest BCUT2D eigenvalue weighted by Crippen LogP contribution is -2.13. The van der Waals surface area contributed by atoms with Crippen molar-refractivity contribution in [1.82, 2.24) is 0 Å². The van der Waals surface area contributed by atoms with Crippen LogP contribution in [0.2, 0.25) is 0 Å². The van der Waals surface area contributed by atoms with Gasteiger partial charge in [-0.2, -0.15) is 0 Å². The number of rotatable bonds is 5. The summed E-state index contributed by atoms with van der Waals surface area (Å²) in [5.74, 6) is -0.252. The Morgan fingerprint density at radius 2 is 2.06 bits per heavy atom. The second kappa shape index (κ2) is 6.55. The first-order valence-corrected chi connectivity index (χ1v) is 6.38. The second-order valence-electron chi connectivity index (χ2n) is 5.69. The van der Waals surface area contributed by atoms with Gasteiger partial charge in [-0.05, 0) is 42.5 Å². The molecular formula is C15H23NO2. The van der Waals surface area contributed by atoms with Gasteiger partial charge in [0.25, 0.3) is 0 Å². The number of nitrogens with two attached hydrogens (primary N) is 1. The van der Waals surface area contributed by atoms with E-state index in [4.69, 9.17) is 10.5 Å². The van der Waals surface area contributed by atoms with Crippen LogP contribution in [0.3, 0.4) is 0 Å². The van der Waals surface area contributed by atoms with Gasteiger partial charge in [-0.25, -0.2) is 4.79 Å². The fraction of sp³-hybridized carbons (Fsp3) is 0.533. The molecule has 0 saturated carbocycles. The highest BCUT2D eigenvalue weighted by Gasteiger charge is 2.12. The molecule has 0 spiro atoms.